The third kappa shape index (κ3) is 3.05. The van der Waals surface area contributed by atoms with Crippen LogP contribution in [0.15, 0.2) is 23.6 Å². The highest BCUT2D eigenvalue weighted by atomic mass is 32.1. The fourth-order valence-corrected chi connectivity index (χ4v) is 2.26. The first-order valence-electron chi connectivity index (χ1n) is 5.53. The monoisotopic (exact) mass is 261 g/mol. The van der Waals surface area contributed by atoms with Crippen LogP contribution in [0, 0.1) is 24.1 Å². The largest absolute Gasteiger partial charge is 0.384 e. The lowest BCUT2D eigenvalue weighted by atomic mass is 10.2. The van der Waals surface area contributed by atoms with Crippen molar-refractivity contribution in [2.24, 2.45) is 0 Å². The predicted molar refractivity (Wildman–Crippen MR) is 70.2 cm³/mol. The Morgan fingerprint density at radius 1 is 1.50 bits per heavy atom. The molecule has 0 spiro atoms. The Morgan fingerprint density at radius 3 is 3.00 bits per heavy atom. The molecule has 2 aromatic rings. The Bertz CT molecular complexity index is 586. The summed E-state index contributed by atoms with van der Waals surface area (Å²) in [4.78, 5) is 4.35. The molecule has 2 rings (SSSR count). The summed E-state index contributed by atoms with van der Waals surface area (Å²) in [5, 5.41) is 15.1. The molecule has 0 bridgehead atoms. The molecule has 1 N–H and O–H groups in total. The molecule has 0 unspecified atom stereocenters. The van der Waals surface area contributed by atoms with Crippen LogP contribution < -0.4 is 5.32 Å². The normalized spacial score (nSPS) is 10.1. The van der Waals surface area contributed by atoms with Crippen molar-refractivity contribution >= 4 is 17.0 Å². The van der Waals surface area contributed by atoms with Gasteiger partial charge in [-0.1, -0.05) is 0 Å². The van der Waals surface area contributed by atoms with E-state index < -0.39 is 5.82 Å². The minimum atomic E-state index is -0.396. The van der Waals surface area contributed by atoms with Gasteiger partial charge in [0, 0.05) is 18.3 Å². The third-order valence-corrected chi connectivity index (χ3v) is 3.29. The predicted octanol–water partition coefficient (Wildman–Crippen LogP) is 3.12. The summed E-state index contributed by atoms with van der Waals surface area (Å²) < 4.78 is 12.9. The lowest BCUT2D eigenvalue weighted by molar-refractivity contribution is 0.627. The van der Waals surface area contributed by atoms with E-state index in [1.165, 1.54) is 12.1 Å². The van der Waals surface area contributed by atoms with Crippen LogP contribution in [0.2, 0.25) is 0 Å². The van der Waals surface area contributed by atoms with E-state index in [-0.39, 0.29) is 0 Å². The highest BCUT2D eigenvalue weighted by Gasteiger charge is 2.03. The minimum absolute atomic E-state index is 0.324. The summed E-state index contributed by atoms with van der Waals surface area (Å²) in [5.74, 6) is -0.396. The smallest absolute Gasteiger partial charge is 0.124 e. The number of halogens is 1. The highest BCUT2D eigenvalue weighted by molar-refractivity contribution is 7.09. The Kier molecular flexibility index (Phi) is 3.90. The van der Waals surface area contributed by atoms with E-state index in [1.54, 1.807) is 17.4 Å². The Labute approximate surface area is 109 Å². The number of aromatic nitrogens is 1. The summed E-state index contributed by atoms with van der Waals surface area (Å²) in [6, 6.07) is 6.13. The van der Waals surface area contributed by atoms with Crippen LogP contribution in [0.1, 0.15) is 16.3 Å². The summed E-state index contributed by atoms with van der Waals surface area (Å²) in [6.07, 6.45) is 0.784. The number of aryl methyl sites for hydroxylation is 1. The van der Waals surface area contributed by atoms with Crippen LogP contribution in [0.25, 0.3) is 0 Å². The second-order valence-corrected chi connectivity index (χ2v) is 4.90. The van der Waals surface area contributed by atoms with E-state index in [9.17, 15) is 4.39 Å². The van der Waals surface area contributed by atoms with Gasteiger partial charge in [0.2, 0.25) is 0 Å². The standard InChI is InChI=1S/C13H12FN3S/c1-9-17-12(8-18-9)4-5-16-13-3-2-11(14)6-10(13)7-15/h2-3,6,8,16H,4-5H2,1H3. The molecule has 0 atom stereocenters. The number of thiazole rings is 1. The molecule has 1 heterocycles. The molecule has 5 heteroatoms. The van der Waals surface area contributed by atoms with Gasteiger partial charge in [0.25, 0.3) is 0 Å². The number of hydrogen-bond donors (Lipinski definition) is 1. The van der Waals surface area contributed by atoms with E-state index in [0.29, 0.717) is 17.8 Å². The van der Waals surface area contributed by atoms with Crippen LogP contribution >= 0.6 is 11.3 Å². The first-order chi connectivity index (χ1) is 8.69. The van der Waals surface area contributed by atoms with Gasteiger partial charge in [-0.2, -0.15) is 5.26 Å². The van der Waals surface area contributed by atoms with Gasteiger partial charge >= 0.3 is 0 Å². The molecule has 0 saturated carbocycles. The van der Waals surface area contributed by atoms with Gasteiger partial charge in [0.15, 0.2) is 0 Å². The first-order valence-corrected chi connectivity index (χ1v) is 6.41. The van der Waals surface area contributed by atoms with Crippen molar-refractivity contribution in [1.29, 1.82) is 5.26 Å². The maximum atomic E-state index is 12.9. The Hall–Kier alpha value is -1.93. The third-order valence-electron chi connectivity index (χ3n) is 2.47. The molecule has 0 amide bonds. The van der Waals surface area contributed by atoms with Crippen LogP contribution in [0.5, 0.6) is 0 Å². The minimum Gasteiger partial charge on any atom is -0.384 e. The zero-order chi connectivity index (χ0) is 13.0. The molecular weight excluding hydrogens is 249 g/mol. The van der Waals surface area contributed by atoms with E-state index >= 15 is 0 Å². The van der Waals surface area contributed by atoms with Gasteiger partial charge in [0.05, 0.1) is 22.0 Å². The Morgan fingerprint density at radius 2 is 2.33 bits per heavy atom. The molecule has 0 saturated heterocycles. The average Bonchev–Trinajstić information content (AvgIpc) is 2.77. The molecule has 1 aromatic carbocycles. The fourth-order valence-electron chi connectivity index (χ4n) is 1.61. The van der Waals surface area contributed by atoms with E-state index in [2.05, 4.69) is 10.3 Å². The number of benzene rings is 1. The second kappa shape index (κ2) is 5.61. The first kappa shape index (κ1) is 12.5. The molecule has 1 aromatic heterocycles. The van der Waals surface area contributed by atoms with E-state index in [4.69, 9.17) is 5.26 Å². The van der Waals surface area contributed by atoms with Crippen LogP contribution in [-0.4, -0.2) is 11.5 Å². The van der Waals surface area contributed by atoms with Crippen molar-refractivity contribution in [3.63, 3.8) is 0 Å². The van der Waals surface area contributed by atoms with Gasteiger partial charge in [0.1, 0.15) is 11.9 Å². The zero-order valence-corrected chi connectivity index (χ0v) is 10.7. The number of nitrogens with one attached hydrogen (secondary N) is 1. The highest BCUT2D eigenvalue weighted by Crippen LogP contribution is 2.16. The maximum absolute atomic E-state index is 12.9. The second-order valence-electron chi connectivity index (χ2n) is 3.84. The molecular formula is C13H12FN3S. The zero-order valence-electron chi connectivity index (χ0n) is 9.90. The van der Waals surface area contributed by atoms with Crippen molar-refractivity contribution in [2.45, 2.75) is 13.3 Å². The van der Waals surface area contributed by atoms with Crippen LogP contribution in [0.3, 0.4) is 0 Å². The van der Waals surface area contributed by atoms with Crippen LogP contribution in [0.4, 0.5) is 10.1 Å². The summed E-state index contributed by atoms with van der Waals surface area (Å²) >= 11 is 1.62. The average molecular weight is 261 g/mol. The lowest BCUT2D eigenvalue weighted by Gasteiger charge is -2.07. The number of nitriles is 1. The number of nitrogens with zero attached hydrogens (tertiary/aromatic N) is 2. The molecule has 0 fully saturated rings. The molecule has 3 nitrogen and oxygen atoms in total. The van der Waals surface area contributed by atoms with Crippen molar-refractivity contribution in [1.82, 2.24) is 4.98 Å². The molecule has 0 aliphatic heterocycles. The van der Waals surface area contributed by atoms with Gasteiger partial charge in [-0.25, -0.2) is 9.37 Å². The van der Waals surface area contributed by atoms with Crippen molar-refractivity contribution in [2.75, 3.05) is 11.9 Å². The summed E-state index contributed by atoms with van der Waals surface area (Å²) in [7, 11) is 0. The molecule has 0 aliphatic carbocycles. The van der Waals surface area contributed by atoms with Gasteiger partial charge < -0.3 is 5.32 Å². The SMILES string of the molecule is Cc1nc(CCNc2ccc(F)cc2C#N)cs1. The van der Waals surface area contributed by atoms with Crippen LogP contribution in [-0.2, 0) is 6.42 Å². The summed E-state index contributed by atoms with van der Waals surface area (Å²) in [6.45, 7) is 2.64. The Balaban J connectivity index is 1.96. The van der Waals surface area contributed by atoms with Gasteiger partial charge in [-0.15, -0.1) is 11.3 Å². The maximum Gasteiger partial charge on any atom is 0.124 e. The summed E-state index contributed by atoms with van der Waals surface area (Å²) in [5.41, 5.74) is 2.01. The van der Waals surface area contributed by atoms with Gasteiger partial charge in [-0.3, -0.25) is 0 Å². The molecule has 0 aliphatic rings. The lowest BCUT2D eigenvalue weighted by Crippen LogP contribution is -2.06. The van der Waals surface area contributed by atoms with E-state index in [1.807, 2.05) is 18.4 Å². The van der Waals surface area contributed by atoms with Crippen molar-refractivity contribution < 1.29 is 4.39 Å². The molecule has 0 radical (unpaired) electrons. The molecule has 92 valence electrons. The quantitative estimate of drug-likeness (QED) is 0.920. The van der Waals surface area contributed by atoms with Crippen molar-refractivity contribution in [3.8, 4) is 6.07 Å². The topological polar surface area (TPSA) is 48.7 Å². The van der Waals surface area contributed by atoms with Crippen molar-refractivity contribution in [3.05, 3.63) is 45.7 Å². The number of rotatable bonds is 4. The fraction of sp³-hybridized carbons (Fsp3) is 0.231. The number of anilines is 1. The van der Waals surface area contributed by atoms with E-state index in [0.717, 1.165) is 17.1 Å². The van der Waals surface area contributed by atoms with Gasteiger partial charge in [-0.05, 0) is 25.1 Å². The molecule has 18 heavy (non-hydrogen) atoms. The number of hydrogen-bond acceptors (Lipinski definition) is 4.